The fourth-order valence-electron chi connectivity index (χ4n) is 2.88. The zero-order chi connectivity index (χ0) is 15.7. The molecular weight excluding hydrogens is 288 g/mol. The van der Waals surface area contributed by atoms with Gasteiger partial charge < -0.3 is 5.73 Å². The zero-order valence-electron chi connectivity index (χ0n) is 12.3. The molecule has 1 aliphatic rings. The molecule has 1 aliphatic heterocycles. The second kappa shape index (κ2) is 5.61. The van der Waals surface area contributed by atoms with Crippen molar-refractivity contribution < 1.29 is 17.5 Å². The molecule has 2 rings (SSSR count). The highest BCUT2D eigenvalue weighted by Gasteiger charge is 2.43. The Bertz CT molecular complexity index is 703. The van der Waals surface area contributed by atoms with Crippen LogP contribution in [-0.4, -0.2) is 35.6 Å². The van der Waals surface area contributed by atoms with Gasteiger partial charge in [-0.15, -0.1) is 0 Å². The minimum atomic E-state index is -3.93. The van der Waals surface area contributed by atoms with Crippen molar-refractivity contribution in [1.29, 1.82) is 0 Å². The molecule has 0 saturated carbocycles. The Labute approximate surface area is 125 Å². The van der Waals surface area contributed by atoms with E-state index in [1.807, 2.05) is 24.3 Å². The van der Waals surface area contributed by atoms with Crippen molar-refractivity contribution in [2.75, 3.05) is 12.3 Å². The average Bonchev–Trinajstić information content (AvgIpc) is 2.60. The summed E-state index contributed by atoms with van der Waals surface area (Å²) in [5.41, 5.74) is 8.65. The molecule has 5 nitrogen and oxygen atoms in total. The number of nitrogens with zero attached hydrogens (tertiary/aromatic N) is 1. The Kier molecular flexibility index (Phi) is 4.20. The Morgan fingerprint density at radius 3 is 2.62 bits per heavy atom. The number of rotatable bonds is 5. The van der Waals surface area contributed by atoms with Crippen molar-refractivity contribution in [3.05, 3.63) is 42.1 Å². The summed E-state index contributed by atoms with van der Waals surface area (Å²) in [7, 11) is -3.93. The number of hydrogen-bond donors (Lipinski definition) is 2. The highest BCUT2D eigenvalue weighted by molar-refractivity contribution is 7.85. The Balaban J connectivity index is 2.40. The van der Waals surface area contributed by atoms with Gasteiger partial charge in [0, 0.05) is 30.3 Å². The Hall–Kier alpha value is -1.66. The molecule has 0 amide bonds. The first-order valence-corrected chi connectivity index (χ1v) is 8.46. The molecule has 0 atom stereocenters. The molecule has 0 aliphatic carbocycles. The summed E-state index contributed by atoms with van der Waals surface area (Å²) in [6.45, 7) is 4.74. The van der Waals surface area contributed by atoms with E-state index in [9.17, 15) is 8.42 Å². The largest absolute Gasteiger partial charge is 0.404 e. The maximum atomic E-state index is 10.9. The third-order valence-corrected chi connectivity index (χ3v) is 4.64. The molecule has 1 heterocycles. The van der Waals surface area contributed by atoms with Crippen molar-refractivity contribution in [1.82, 2.24) is 0 Å². The van der Waals surface area contributed by atoms with Gasteiger partial charge in [-0.2, -0.15) is 13.0 Å². The fourth-order valence-corrected chi connectivity index (χ4v) is 3.37. The first-order chi connectivity index (χ1) is 9.77. The summed E-state index contributed by atoms with van der Waals surface area (Å²) in [6.07, 6.45) is 3.71. The molecule has 21 heavy (non-hydrogen) atoms. The maximum absolute atomic E-state index is 10.9. The minimum absolute atomic E-state index is 0.190. The van der Waals surface area contributed by atoms with Crippen LogP contribution in [0.25, 0.3) is 0 Å². The number of para-hydroxylation sites is 1. The summed E-state index contributed by atoms with van der Waals surface area (Å²) in [5, 5.41) is 0. The number of nitrogens with two attached hydrogens (primary N) is 1. The molecule has 3 N–H and O–H groups in total. The number of hydrogen-bond acceptors (Lipinski definition) is 3. The number of benzene rings is 1. The van der Waals surface area contributed by atoms with Crippen molar-refractivity contribution in [3.8, 4) is 0 Å². The molecule has 0 unspecified atom stereocenters. The summed E-state index contributed by atoms with van der Waals surface area (Å²) < 4.78 is 32.7. The van der Waals surface area contributed by atoms with Gasteiger partial charge in [-0.3, -0.25) is 4.55 Å². The molecule has 114 valence electrons. The molecule has 6 heteroatoms. The van der Waals surface area contributed by atoms with Crippen LogP contribution in [0.2, 0.25) is 0 Å². The Morgan fingerprint density at radius 2 is 2.00 bits per heavy atom. The van der Waals surface area contributed by atoms with Gasteiger partial charge >= 0.3 is 0 Å². The van der Waals surface area contributed by atoms with Crippen LogP contribution in [-0.2, 0) is 15.5 Å². The lowest BCUT2D eigenvalue weighted by Gasteiger charge is -2.14. The van der Waals surface area contributed by atoms with Gasteiger partial charge in [0.1, 0.15) is 6.54 Å². The lowest BCUT2D eigenvalue weighted by Crippen LogP contribution is -2.28. The van der Waals surface area contributed by atoms with Crippen LogP contribution in [0.4, 0.5) is 5.69 Å². The fraction of sp³-hybridized carbons (Fsp3) is 0.400. The molecule has 0 bridgehead atoms. The highest BCUT2D eigenvalue weighted by atomic mass is 32.2. The summed E-state index contributed by atoms with van der Waals surface area (Å²) in [4.78, 5) is 0. The smallest absolute Gasteiger partial charge is 0.265 e. The lowest BCUT2D eigenvalue weighted by molar-refractivity contribution is -0.437. The summed E-state index contributed by atoms with van der Waals surface area (Å²) >= 11 is 0. The van der Waals surface area contributed by atoms with E-state index in [0.717, 1.165) is 11.4 Å². The van der Waals surface area contributed by atoms with Gasteiger partial charge in [0.05, 0.1) is 11.2 Å². The van der Waals surface area contributed by atoms with Crippen LogP contribution in [0.1, 0.15) is 25.8 Å². The predicted molar refractivity (Wildman–Crippen MR) is 83.6 cm³/mol. The minimum Gasteiger partial charge on any atom is -0.404 e. The van der Waals surface area contributed by atoms with Gasteiger partial charge in [-0.05, 0) is 13.8 Å². The van der Waals surface area contributed by atoms with Gasteiger partial charge in [0.25, 0.3) is 10.1 Å². The number of allylic oxidation sites excluding steroid dienone is 1. The van der Waals surface area contributed by atoms with Gasteiger partial charge in [0.15, 0.2) is 5.71 Å². The van der Waals surface area contributed by atoms with Crippen LogP contribution >= 0.6 is 0 Å². The predicted octanol–water partition coefficient (Wildman–Crippen LogP) is 1.81. The first kappa shape index (κ1) is 15.7. The average molecular weight is 309 g/mol. The molecule has 0 aromatic heterocycles. The Morgan fingerprint density at radius 1 is 1.33 bits per heavy atom. The lowest BCUT2D eigenvalue weighted by atomic mass is 9.81. The summed E-state index contributed by atoms with van der Waals surface area (Å²) in [5.74, 6) is -0.244. The normalized spacial score (nSPS) is 17.5. The maximum Gasteiger partial charge on any atom is 0.265 e. The second-order valence-corrected chi connectivity index (χ2v) is 7.25. The van der Waals surface area contributed by atoms with Crippen molar-refractivity contribution >= 4 is 21.5 Å². The monoisotopic (exact) mass is 309 g/mol. The molecule has 0 radical (unpaired) electrons. The van der Waals surface area contributed by atoms with E-state index in [1.54, 1.807) is 0 Å². The van der Waals surface area contributed by atoms with Crippen LogP contribution in [0, 0.1) is 0 Å². The van der Waals surface area contributed by atoms with Crippen LogP contribution in [0.5, 0.6) is 0 Å². The van der Waals surface area contributed by atoms with E-state index >= 15 is 0 Å². The third-order valence-electron chi connectivity index (χ3n) is 3.84. The number of fused-ring (bicyclic) bond motifs is 1. The van der Waals surface area contributed by atoms with E-state index in [1.165, 1.54) is 11.8 Å². The molecule has 0 fully saturated rings. The molecular formula is C15H21N2O3S+. The van der Waals surface area contributed by atoms with E-state index in [-0.39, 0.29) is 11.2 Å². The van der Waals surface area contributed by atoms with Crippen molar-refractivity contribution in [2.45, 2.75) is 25.7 Å². The van der Waals surface area contributed by atoms with E-state index in [2.05, 4.69) is 24.5 Å². The quantitative estimate of drug-likeness (QED) is 0.642. The molecule has 0 spiro atoms. The highest BCUT2D eigenvalue weighted by Crippen LogP contribution is 2.39. The van der Waals surface area contributed by atoms with E-state index in [0.29, 0.717) is 13.0 Å². The van der Waals surface area contributed by atoms with E-state index in [4.69, 9.17) is 10.3 Å². The second-order valence-electron chi connectivity index (χ2n) is 5.68. The van der Waals surface area contributed by atoms with Crippen LogP contribution in [0.15, 0.2) is 36.5 Å². The van der Waals surface area contributed by atoms with E-state index < -0.39 is 10.1 Å². The topological polar surface area (TPSA) is 83.4 Å². The van der Waals surface area contributed by atoms with Gasteiger partial charge in [-0.25, -0.2) is 0 Å². The van der Waals surface area contributed by atoms with Crippen molar-refractivity contribution in [2.24, 2.45) is 5.73 Å². The molecule has 0 saturated heterocycles. The standard InChI is InChI=1S/C15H20N2O3S/c1-15(2)12-6-3-4-7-13(12)17(14(15)8-9-16)10-5-11-21(18,19)20/h3-4,6-9,16H,5,10-11H2,1-2H3,(H,18,19,20)/p+1. The van der Waals surface area contributed by atoms with Gasteiger partial charge in [-0.1, -0.05) is 18.2 Å². The van der Waals surface area contributed by atoms with Crippen LogP contribution < -0.4 is 5.73 Å². The zero-order valence-corrected chi connectivity index (χ0v) is 13.1. The van der Waals surface area contributed by atoms with Crippen LogP contribution in [0.3, 0.4) is 0 Å². The molecule has 1 aromatic rings. The third kappa shape index (κ3) is 3.16. The molecule has 1 aromatic carbocycles. The van der Waals surface area contributed by atoms with Crippen molar-refractivity contribution in [3.63, 3.8) is 0 Å². The van der Waals surface area contributed by atoms with Gasteiger partial charge in [0.2, 0.25) is 5.69 Å². The first-order valence-electron chi connectivity index (χ1n) is 6.85. The SMILES string of the molecule is CC1(C)C(C=CN)=[N+](CCCS(=O)(=O)O)c2ccccc21. The summed E-state index contributed by atoms with van der Waals surface area (Å²) in [6, 6.07) is 8.04.